The van der Waals surface area contributed by atoms with Crippen LogP contribution in [-0.2, 0) is 14.3 Å². The second kappa shape index (κ2) is 6.33. The van der Waals surface area contributed by atoms with Crippen molar-refractivity contribution in [3.8, 4) is 0 Å². The molecule has 5 nitrogen and oxygen atoms in total. The number of amides is 1. The zero-order chi connectivity index (χ0) is 12.1. The van der Waals surface area contributed by atoms with Crippen molar-refractivity contribution in [2.75, 3.05) is 39.5 Å². The van der Waals surface area contributed by atoms with Gasteiger partial charge in [0.05, 0.1) is 25.2 Å². The van der Waals surface area contributed by atoms with Crippen LogP contribution in [0.2, 0.25) is 0 Å². The Morgan fingerprint density at radius 2 is 2.12 bits per heavy atom. The highest BCUT2D eigenvalue weighted by molar-refractivity contribution is 5.79. The Bertz CT molecular complexity index is 246. The molecule has 1 unspecified atom stereocenters. The van der Waals surface area contributed by atoms with Crippen molar-refractivity contribution in [2.24, 2.45) is 11.7 Å². The highest BCUT2D eigenvalue weighted by atomic mass is 16.5. The van der Waals surface area contributed by atoms with E-state index in [1.54, 1.807) is 0 Å². The maximum Gasteiger partial charge on any atom is 0.228 e. The van der Waals surface area contributed by atoms with Gasteiger partial charge in [0.1, 0.15) is 0 Å². The van der Waals surface area contributed by atoms with Gasteiger partial charge >= 0.3 is 0 Å². The molecule has 0 radical (unpaired) electrons. The quantitative estimate of drug-likeness (QED) is 0.753. The topological polar surface area (TPSA) is 64.8 Å². The second-order valence-corrected chi connectivity index (χ2v) is 4.74. The molecule has 98 valence electrons. The van der Waals surface area contributed by atoms with E-state index in [0.717, 1.165) is 39.0 Å². The molecule has 2 aliphatic rings. The van der Waals surface area contributed by atoms with Crippen molar-refractivity contribution >= 4 is 5.91 Å². The molecular formula is C12H22N2O3. The molecule has 2 rings (SSSR count). The summed E-state index contributed by atoms with van der Waals surface area (Å²) < 4.78 is 10.9. The lowest BCUT2D eigenvalue weighted by Gasteiger charge is -2.33. The van der Waals surface area contributed by atoms with Crippen molar-refractivity contribution in [2.45, 2.75) is 25.4 Å². The molecule has 2 aliphatic heterocycles. The molecule has 2 fully saturated rings. The number of rotatable bonds is 4. The van der Waals surface area contributed by atoms with E-state index >= 15 is 0 Å². The van der Waals surface area contributed by atoms with Gasteiger partial charge in [-0.3, -0.25) is 4.79 Å². The van der Waals surface area contributed by atoms with Crippen LogP contribution in [0.1, 0.15) is 19.3 Å². The van der Waals surface area contributed by atoms with E-state index < -0.39 is 0 Å². The van der Waals surface area contributed by atoms with Crippen molar-refractivity contribution in [3.63, 3.8) is 0 Å². The number of carbonyl (C=O) groups excluding carboxylic acids is 1. The Balaban J connectivity index is 1.72. The van der Waals surface area contributed by atoms with Gasteiger partial charge in [-0.1, -0.05) is 0 Å². The number of nitrogens with zero attached hydrogens (tertiary/aromatic N) is 1. The molecule has 2 heterocycles. The van der Waals surface area contributed by atoms with Gasteiger partial charge in [0.15, 0.2) is 0 Å². The number of likely N-dealkylation sites (tertiary alicyclic amines) is 1. The van der Waals surface area contributed by atoms with Crippen molar-refractivity contribution in [1.82, 2.24) is 4.90 Å². The number of nitrogens with two attached hydrogens (primary N) is 1. The highest BCUT2D eigenvalue weighted by Crippen LogP contribution is 2.20. The fourth-order valence-corrected chi connectivity index (χ4v) is 2.47. The lowest BCUT2D eigenvalue weighted by atomic mass is 10.0. The molecule has 2 N–H and O–H groups in total. The van der Waals surface area contributed by atoms with Crippen LogP contribution in [0.3, 0.4) is 0 Å². The first-order chi connectivity index (χ1) is 8.31. The molecule has 2 saturated heterocycles. The van der Waals surface area contributed by atoms with Gasteiger partial charge in [-0.15, -0.1) is 0 Å². The van der Waals surface area contributed by atoms with E-state index in [1.165, 1.54) is 0 Å². The fourth-order valence-electron chi connectivity index (χ4n) is 2.47. The Labute approximate surface area is 102 Å². The summed E-state index contributed by atoms with van der Waals surface area (Å²) in [6, 6.07) is 0. The highest BCUT2D eigenvalue weighted by Gasteiger charge is 2.30. The predicted octanol–water partition coefficient (Wildman–Crippen LogP) is -0.0108. The van der Waals surface area contributed by atoms with Crippen LogP contribution in [0.25, 0.3) is 0 Å². The van der Waals surface area contributed by atoms with Crippen LogP contribution < -0.4 is 5.73 Å². The van der Waals surface area contributed by atoms with E-state index in [2.05, 4.69) is 0 Å². The first-order valence-corrected chi connectivity index (χ1v) is 6.49. The molecule has 0 aromatic heterocycles. The van der Waals surface area contributed by atoms with Gasteiger partial charge in [-0.2, -0.15) is 0 Å². The Kier molecular flexibility index (Phi) is 4.76. The lowest BCUT2D eigenvalue weighted by molar-refractivity contribution is -0.138. The van der Waals surface area contributed by atoms with E-state index in [9.17, 15) is 4.79 Å². The predicted molar refractivity (Wildman–Crippen MR) is 63.5 cm³/mol. The van der Waals surface area contributed by atoms with Crippen molar-refractivity contribution in [3.05, 3.63) is 0 Å². The molecule has 1 atom stereocenters. The average Bonchev–Trinajstić information content (AvgIpc) is 2.90. The van der Waals surface area contributed by atoms with Crippen molar-refractivity contribution < 1.29 is 14.3 Å². The van der Waals surface area contributed by atoms with E-state index in [-0.39, 0.29) is 17.9 Å². The van der Waals surface area contributed by atoms with Crippen molar-refractivity contribution in [1.29, 1.82) is 0 Å². The van der Waals surface area contributed by atoms with Gasteiger partial charge in [0.2, 0.25) is 5.91 Å². The molecule has 0 bridgehead atoms. The van der Waals surface area contributed by atoms with Gasteiger partial charge in [-0.05, 0) is 19.3 Å². The Morgan fingerprint density at radius 3 is 2.71 bits per heavy atom. The molecule has 17 heavy (non-hydrogen) atoms. The van der Waals surface area contributed by atoms with Crippen LogP contribution in [0.15, 0.2) is 0 Å². The van der Waals surface area contributed by atoms with Crippen LogP contribution >= 0.6 is 0 Å². The van der Waals surface area contributed by atoms with Gasteiger partial charge in [0, 0.05) is 26.2 Å². The van der Waals surface area contributed by atoms with E-state index in [4.69, 9.17) is 15.2 Å². The molecule has 0 spiro atoms. The van der Waals surface area contributed by atoms with Gasteiger partial charge < -0.3 is 20.1 Å². The van der Waals surface area contributed by atoms with Gasteiger partial charge in [0.25, 0.3) is 0 Å². The smallest absolute Gasteiger partial charge is 0.228 e. The van der Waals surface area contributed by atoms with Crippen LogP contribution in [0.5, 0.6) is 0 Å². The fraction of sp³-hybridized carbons (Fsp3) is 0.917. The monoisotopic (exact) mass is 242 g/mol. The van der Waals surface area contributed by atoms with Gasteiger partial charge in [-0.25, -0.2) is 0 Å². The van der Waals surface area contributed by atoms with Crippen LogP contribution in [0, 0.1) is 5.92 Å². The summed E-state index contributed by atoms with van der Waals surface area (Å²) in [6.45, 7) is 4.14. The van der Waals surface area contributed by atoms with Crippen LogP contribution in [-0.4, -0.2) is 56.4 Å². The molecular weight excluding hydrogens is 220 g/mol. The summed E-state index contributed by atoms with van der Waals surface area (Å²) >= 11 is 0. The Morgan fingerprint density at radius 1 is 1.35 bits per heavy atom. The number of hydrogen-bond donors (Lipinski definition) is 1. The molecule has 5 heteroatoms. The number of hydrogen-bond acceptors (Lipinski definition) is 4. The third-order valence-electron chi connectivity index (χ3n) is 3.50. The number of carbonyl (C=O) groups is 1. The Hall–Kier alpha value is -0.650. The number of piperidine rings is 1. The largest absolute Gasteiger partial charge is 0.381 e. The zero-order valence-electron chi connectivity index (χ0n) is 10.3. The molecule has 0 aromatic rings. The van der Waals surface area contributed by atoms with E-state index in [1.807, 2.05) is 4.90 Å². The molecule has 0 aliphatic carbocycles. The van der Waals surface area contributed by atoms with Crippen LogP contribution in [0.4, 0.5) is 0 Å². The summed E-state index contributed by atoms with van der Waals surface area (Å²) in [5.41, 5.74) is 5.40. The molecule has 0 saturated carbocycles. The minimum absolute atomic E-state index is 0.0940. The summed E-state index contributed by atoms with van der Waals surface area (Å²) in [6.07, 6.45) is 3.02. The summed E-state index contributed by atoms with van der Waals surface area (Å²) in [7, 11) is 0. The number of ether oxygens (including phenoxy) is 2. The maximum absolute atomic E-state index is 12.1. The third kappa shape index (κ3) is 3.40. The third-order valence-corrected chi connectivity index (χ3v) is 3.50. The minimum atomic E-state index is 0.0940. The van der Waals surface area contributed by atoms with E-state index in [0.29, 0.717) is 19.8 Å². The summed E-state index contributed by atoms with van der Waals surface area (Å²) in [4.78, 5) is 14.1. The SMILES string of the molecule is NCCOC1CCN(C(=O)C2CCOC2)CC1. The first kappa shape index (κ1) is 12.8. The normalized spacial score (nSPS) is 26.4. The first-order valence-electron chi connectivity index (χ1n) is 6.49. The minimum Gasteiger partial charge on any atom is -0.381 e. The summed E-state index contributed by atoms with van der Waals surface area (Å²) in [5, 5.41) is 0. The molecule has 0 aromatic carbocycles. The lowest BCUT2D eigenvalue weighted by Crippen LogP contribution is -2.44. The standard InChI is InChI=1S/C12H22N2O3/c13-4-8-17-11-1-5-14(6-2-11)12(15)10-3-7-16-9-10/h10-11H,1-9,13H2. The molecule has 1 amide bonds. The average molecular weight is 242 g/mol. The zero-order valence-corrected chi connectivity index (χ0v) is 10.3. The maximum atomic E-state index is 12.1. The summed E-state index contributed by atoms with van der Waals surface area (Å²) in [5.74, 6) is 0.358. The second-order valence-electron chi connectivity index (χ2n) is 4.74.